The van der Waals surface area contributed by atoms with Gasteiger partial charge < -0.3 is 20.9 Å². The molecular weight excluding hydrogens is 338 g/mol. The minimum absolute atomic E-state index is 0.0579. The normalized spacial score (nSPS) is 11.2. The van der Waals surface area contributed by atoms with E-state index in [2.05, 4.69) is 10.3 Å². The summed E-state index contributed by atoms with van der Waals surface area (Å²) in [5.74, 6) is 1.87. The minimum atomic E-state index is 0.0579. The molecule has 3 rings (SSSR count). The van der Waals surface area contributed by atoms with Gasteiger partial charge in [-0.3, -0.25) is 4.99 Å². The fourth-order valence-electron chi connectivity index (χ4n) is 2.57. The highest BCUT2D eigenvalue weighted by Crippen LogP contribution is 2.23. The Morgan fingerprint density at radius 2 is 1.59 bits per heavy atom. The number of anilines is 1. The molecule has 0 aromatic heterocycles. The Labute approximate surface area is 159 Å². The molecule has 27 heavy (non-hydrogen) atoms. The fourth-order valence-corrected chi connectivity index (χ4v) is 2.57. The molecule has 0 atom stereocenters. The maximum atomic E-state index is 9.06. The zero-order valence-electron chi connectivity index (χ0n) is 15.0. The van der Waals surface area contributed by atoms with Crippen molar-refractivity contribution in [2.75, 3.05) is 11.9 Å². The third kappa shape index (κ3) is 5.87. The van der Waals surface area contributed by atoms with E-state index in [0.29, 0.717) is 12.5 Å². The molecule has 0 aliphatic carbocycles. The number of benzene rings is 3. The Morgan fingerprint density at radius 1 is 0.889 bits per heavy atom. The average Bonchev–Trinajstić information content (AvgIpc) is 2.69. The highest BCUT2D eigenvalue weighted by atomic mass is 16.5. The van der Waals surface area contributed by atoms with Crippen LogP contribution in [-0.4, -0.2) is 17.6 Å². The van der Waals surface area contributed by atoms with Crippen LogP contribution in [0.2, 0.25) is 0 Å². The van der Waals surface area contributed by atoms with Crippen LogP contribution in [0.1, 0.15) is 11.1 Å². The molecule has 0 fully saturated rings. The van der Waals surface area contributed by atoms with Gasteiger partial charge in [0.1, 0.15) is 11.5 Å². The molecule has 0 saturated carbocycles. The molecule has 0 unspecified atom stereocenters. The summed E-state index contributed by atoms with van der Waals surface area (Å²) in [6.07, 6.45) is 0.783. The maximum Gasteiger partial charge on any atom is 0.193 e. The van der Waals surface area contributed by atoms with E-state index < -0.39 is 0 Å². The van der Waals surface area contributed by atoms with Gasteiger partial charge in [0, 0.05) is 18.3 Å². The van der Waals surface area contributed by atoms with Crippen LogP contribution in [0, 0.1) is 0 Å². The maximum absolute atomic E-state index is 9.06. The standard InChI is InChI=1S/C22H23N3O2/c23-22(24-14-13-17-9-11-18(16-26)12-10-17)25-19-5-4-8-21(15-19)27-20-6-2-1-3-7-20/h1-12,15,26H,13-14,16H2,(H3,23,24,25). The van der Waals surface area contributed by atoms with Crippen molar-refractivity contribution in [3.8, 4) is 11.5 Å². The van der Waals surface area contributed by atoms with Gasteiger partial charge in [0.15, 0.2) is 5.96 Å². The fraction of sp³-hybridized carbons (Fsp3) is 0.136. The Balaban J connectivity index is 1.54. The molecule has 0 aliphatic rings. The third-order valence-corrected chi connectivity index (χ3v) is 3.97. The smallest absolute Gasteiger partial charge is 0.193 e. The number of hydrogen-bond acceptors (Lipinski definition) is 3. The van der Waals surface area contributed by atoms with Crippen molar-refractivity contribution in [3.05, 3.63) is 90.0 Å². The van der Waals surface area contributed by atoms with E-state index in [1.165, 1.54) is 0 Å². The van der Waals surface area contributed by atoms with Crippen molar-refractivity contribution in [1.82, 2.24) is 0 Å². The van der Waals surface area contributed by atoms with Crippen LogP contribution in [-0.2, 0) is 13.0 Å². The number of hydrogen-bond donors (Lipinski definition) is 3. The first-order valence-electron chi connectivity index (χ1n) is 8.81. The Hall–Kier alpha value is -3.31. The summed E-state index contributed by atoms with van der Waals surface area (Å²) in [7, 11) is 0. The van der Waals surface area contributed by atoms with E-state index in [1.54, 1.807) is 0 Å². The molecular formula is C22H23N3O2. The molecule has 3 aromatic rings. The summed E-state index contributed by atoms with van der Waals surface area (Å²) in [4.78, 5) is 4.36. The first-order chi connectivity index (χ1) is 13.2. The van der Waals surface area contributed by atoms with Crippen molar-refractivity contribution < 1.29 is 9.84 Å². The average molecular weight is 361 g/mol. The van der Waals surface area contributed by atoms with Crippen molar-refractivity contribution >= 4 is 11.6 Å². The Kier molecular flexibility index (Phi) is 6.44. The molecule has 5 nitrogen and oxygen atoms in total. The molecule has 0 bridgehead atoms. The molecule has 0 spiro atoms. The summed E-state index contributed by atoms with van der Waals surface area (Å²) in [5, 5.41) is 12.2. The second-order valence-electron chi connectivity index (χ2n) is 6.06. The molecule has 0 aliphatic heterocycles. The van der Waals surface area contributed by atoms with Crippen LogP contribution in [0.5, 0.6) is 11.5 Å². The lowest BCUT2D eigenvalue weighted by Gasteiger charge is -2.09. The summed E-state index contributed by atoms with van der Waals surface area (Å²) < 4.78 is 5.82. The SMILES string of the molecule is NC(=NCCc1ccc(CO)cc1)Nc1cccc(Oc2ccccc2)c1. The third-order valence-electron chi connectivity index (χ3n) is 3.97. The van der Waals surface area contributed by atoms with Crippen LogP contribution >= 0.6 is 0 Å². The van der Waals surface area contributed by atoms with Gasteiger partial charge in [0.2, 0.25) is 0 Å². The first-order valence-corrected chi connectivity index (χ1v) is 8.81. The van der Waals surface area contributed by atoms with E-state index in [1.807, 2.05) is 78.9 Å². The van der Waals surface area contributed by atoms with Gasteiger partial charge in [-0.15, -0.1) is 0 Å². The van der Waals surface area contributed by atoms with Crippen LogP contribution < -0.4 is 15.8 Å². The molecule has 138 valence electrons. The zero-order chi connectivity index (χ0) is 18.9. The van der Waals surface area contributed by atoms with Crippen LogP contribution in [0.15, 0.2) is 83.9 Å². The van der Waals surface area contributed by atoms with Crippen molar-refractivity contribution in [3.63, 3.8) is 0 Å². The molecule has 0 saturated heterocycles. The summed E-state index contributed by atoms with van der Waals surface area (Å²) in [6, 6.07) is 25.0. The van der Waals surface area contributed by atoms with Gasteiger partial charge in [0.25, 0.3) is 0 Å². The Morgan fingerprint density at radius 3 is 2.33 bits per heavy atom. The van der Waals surface area contributed by atoms with E-state index in [4.69, 9.17) is 15.6 Å². The van der Waals surface area contributed by atoms with E-state index >= 15 is 0 Å². The van der Waals surface area contributed by atoms with Crippen LogP contribution in [0.4, 0.5) is 5.69 Å². The van der Waals surface area contributed by atoms with Crippen molar-refractivity contribution in [2.24, 2.45) is 10.7 Å². The summed E-state index contributed by atoms with van der Waals surface area (Å²) in [5.41, 5.74) is 8.86. The summed E-state index contributed by atoms with van der Waals surface area (Å²) in [6.45, 7) is 0.639. The molecule has 3 aromatic carbocycles. The van der Waals surface area contributed by atoms with E-state index in [0.717, 1.165) is 34.7 Å². The van der Waals surface area contributed by atoms with Crippen LogP contribution in [0.3, 0.4) is 0 Å². The second kappa shape index (κ2) is 9.40. The predicted molar refractivity (Wildman–Crippen MR) is 109 cm³/mol. The van der Waals surface area contributed by atoms with Gasteiger partial charge in [-0.1, -0.05) is 48.5 Å². The number of nitrogens with zero attached hydrogens (tertiary/aromatic N) is 1. The number of aliphatic hydroxyl groups excluding tert-OH is 1. The van der Waals surface area contributed by atoms with Crippen molar-refractivity contribution in [2.45, 2.75) is 13.0 Å². The number of nitrogens with one attached hydrogen (secondary N) is 1. The topological polar surface area (TPSA) is 79.9 Å². The lowest BCUT2D eigenvalue weighted by Crippen LogP contribution is -2.23. The highest BCUT2D eigenvalue weighted by Gasteiger charge is 2.00. The van der Waals surface area contributed by atoms with Gasteiger partial charge in [0.05, 0.1) is 6.61 Å². The zero-order valence-corrected chi connectivity index (χ0v) is 15.0. The number of aliphatic imine (C=N–C) groups is 1. The number of para-hydroxylation sites is 1. The molecule has 0 heterocycles. The van der Waals surface area contributed by atoms with Gasteiger partial charge >= 0.3 is 0 Å². The van der Waals surface area contributed by atoms with Crippen molar-refractivity contribution in [1.29, 1.82) is 0 Å². The number of guanidine groups is 1. The minimum Gasteiger partial charge on any atom is -0.457 e. The second-order valence-corrected chi connectivity index (χ2v) is 6.06. The quantitative estimate of drug-likeness (QED) is 0.440. The first kappa shape index (κ1) is 18.5. The van der Waals surface area contributed by atoms with Crippen LogP contribution in [0.25, 0.3) is 0 Å². The van der Waals surface area contributed by atoms with Gasteiger partial charge in [-0.25, -0.2) is 0 Å². The largest absolute Gasteiger partial charge is 0.457 e. The molecule has 4 N–H and O–H groups in total. The number of aliphatic hydroxyl groups is 1. The molecule has 0 radical (unpaired) electrons. The summed E-state index contributed by atoms with van der Waals surface area (Å²) >= 11 is 0. The van der Waals surface area contributed by atoms with E-state index in [-0.39, 0.29) is 6.61 Å². The number of nitrogens with two attached hydrogens (primary N) is 1. The number of rotatable bonds is 7. The molecule has 0 amide bonds. The molecule has 5 heteroatoms. The van der Waals surface area contributed by atoms with Gasteiger partial charge in [-0.2, -0.15) is 0 Å². The monoisotopic (exact) mass is 361 g/mol. The predicted octanol–water partition coefficient (Wildman–Crippen LogP) is 3.94. The van der Waals surface area contributed by atoms with E-state index in [9.17, 15) is 0 Å². The highest BCUT2D eigenvalue weighted by molar-refractivity contribution is 5.92. The lowest BCUT2D eigenvalue weighted by molar-refractivity contribution is 0.282. The Bertz CT molecular complexity index is 878. The van der Waals surface area contributed by atoms with Gasteiger partial charge in [-0.05, 0) is 41.8 Å². The lowest BCUT2D eigenvalue weighted by atomic mass is 10.1. The number of ether oxygens (including phenoxy) is 1.